The Morgan fingerprint density at radius 1 is 1.28 bits per heavy atom. The monoisotopic (exact) mass is 466 g/mol. The van der Waals surface area contributed by atoms with Gasteiger partial charge in [-0.1, -0.05) is 13.8 Å². The summed E-state index contributed by atoms with van der Waals surface area (Å²) in [5.74, 6) is 0. The minimum Gasteiger partial charge on any atom is -0.444 e. The van der Waals surface area contributed by atoms with Crippen molar-refractivity contribution >= 4 is 33.2 Å². The molecule has 1 saturated heterocycles. The Hall–Kier alpha value is -2.16. The lowest BCUT2D eigenvalue weighted by molar-refractivity contribution is -0.00205. The summed E-state index contributed by atoms with van der Waals surface area (Å²) < 4.78 is 9.07. The molecule has 2 aromatic rings. The third kappa shape index (κ3) is 4.10. The topological polar surface area (TPSA) is 86.4 Å². The number of carbonyl (C=O) groups excluding carboxylic acids is 1. The summed E-state index contributed by atoms with van der Waals surface area (Å²) in [7, 11) is 1.57. The van der Waals surface area contributed by atoms with Crippen LogP contribution in [0.3, 0.4) is 0 Å². The van der Waals surface area contributed by atoms with Gasteiger partial charge in [0, 0.05) is 42.3 Å². The van der Waals surface area contributed by atoms with E-state index in [1.165, 1.54) is 9.13 Å². The Kier molecular flexibility index (Phi) is 5.40. The second-order valence-corrected chi connectivity index (χ2v) is 10.1. The van der Waals surface area contributed by atoms with Crippen molar-refractivity contribution in [1.82, 2.24) is 19.0 Å². The number of aryl methyl sites for hydroxylation is 1. The summed E-state index contributed by atoms with van der Waals surface area (Å²) in [4.78, 5) is 44.2. The fourth-order valence-electron chi connectivity index (χ4n) is 3.90. The van der Waals surface area contributed by atoms with Crippen LogP contribution in [0.2, 0.25) is 0 Å². The third-order valence-corrected chi connectivity index (χ3v) is 5.68. The Bertz CT molecular complexity index is 1080. The number of nitrogens with zero attached hydrogens (tertiary/aromatic N) is 4. The van der Waals surface area contributed by atoms with Crippen LogP contribution in [0.4, 0.5) is 4.79 Å². The molecular formula is C20H27BrN4O4. The van der Waals surface area contributed by atoms with Gasteiger partial charge >= 0.3 is 17.2 Å². The van der Waals surface area contributed by atoms with Gasteiger partial charge in [-0.3, -0.25) is 14.2 Å². The normalized spacial score (nSPS) is 19.4. The maximum Gasteiger partial charge on any atom is 0.410 e. The summed E-state index contributed by atoms with van der Waals surface area (Å²) in [6.07, 6.45) is 1.77. The lowest BCUT2D eigenvalue weighted by atomic mass is 9.79. The zero-order valence-corrected chi connectivity index (χ0v) is 19.2. The summed E-state index contributed by atoms with van der Waals surface area (Å²) in [5.41, 5.74) is -1.19. The van der Waals surface area contributed by atoms with Crippen LogP contribution in [0.1, 0.15) is 47.1 Å². The zero-order chi connectivity index (χ0) is 21.7. The van der Waals surface area contributed by atoms with Crippen molar-refractivity contribution in [1.29, 1.82) is 0 Å². The van der Waals surface area contributed by atoms with E-state index in [4.69, 9.17) is 4.74 Å². The first-order valence-corrected chi connectivity index (χ1v) is 10.4. The average molecular weight is 467 g/mol. The van der Waals surface area contributed by atoms with E-state index < -0.39 is 22.1 Å². The number of carbonyl (C=O) groups is 1. The molecule has 9 heteroatoms. The van der Waals surface area contributed by atoms with Gasteiger partial charge in [-0.15, -0.1) is 0 Å². The van der Waals surface area contributed by atoms with Crippen LogP contribution in [0, 0.1) is 5.41 Å². The predicted molar refractivity (Wildman–Crippen MR) is 114 cm³/mol. The van der Waals surface area contributed by atoms with E-state index in [0.717, 1.165) is 4.47 Å². The maximum absolute atomic E-state index is 13.0. The molecule has 1 unspecified atom stereocenters. The minimum absolute atomic E-state index is 0.279. The number of rotatable bonds is 1. The molecule has 0 spiro atoms. The number of aromatic nitrogens is 3. The molecule has 3 rings (SSSR count). The quantitative estimate of drug-likeness (QED) is 0.602. The zero-order valence-electron chi connectivity index (χ0n) is 17.7. The fourth-order valence-corrected chi connectivity index (χ4v) is 4.22. The van der Waals surface area contributed by atoms with Crippen LogP contribution >= 0.6 is 15.9 Å². The summed E-state index contributed by atoms with van der Waals surface area (Å²) in [6.45, 7) is 10.3. The molecule has 1 aliphatic rings. The van der Waals surface area contributed by atoms with Crippen molar-refractivity contribution in [3.8, 4) is 0 Å². The number of likely N-dealkylation sites (tertiary alicyclic amines) is 1. The molecule has 1 amide bonds. The highest BCUT2D eigenvalue weighted by Crippen LogP contribution is 2.39. The third-order valence-electron chi connectivity index (χ3n) is 5.25. The van der Waals surface area contributed by atoms with E-state index in [1.807, 2.05) is 34.6 Å². The van der Waals surface area contributed by atoms with Gasteiger partial charge in [-0.25, -0.2) is 9.78 Å². The summed E-state index contributed by atoms with van der Waals surface area (Å²) in [5, 5.41) is 0. The number of pyridine rings is 1. The standard InChI is InChI=1S/C20H27BrN4O4/c1-19(2,3)29-18(28)24-8-7-14(20(4,5)11-24)25-15-13(9-12(21)10-22-15)23(6)16(26)17(25)27/h9-10,14H,7-8,11H2,1-6H3. The Balaban J connectivity index is 2.05. The van der Waals surface area contributed by atoms with Gasteiger partial charge in [-0.2, -0.15) is 0 Å². The van der Waals surface area contributed by atoms with Gasteiger partial charge in [0.25, 0.3) is 0 Å². The highest BCUT2D eigenvalue weighted by Gasteiger charge is 2.41. The van der Waals surface area contributed by atoms with E-state index in [2.05, 4.69) is 20.9 Å². The van der Waals surface area contributed by atoms with E-state index in [1.54, 1.807) is 24.2 Å². The molecule has 1 atom stereocenters. The second kappa shape index (κ2) is 7.27. The number of hydrogen-bond acceptors (Lipinski definition) is 5. The average Bonchev–Trinajstić information content (AvgIpc) is 2.59. The first kappa shape index (κ1) is 21.5. The van der Waals surface area contributed by atoms with E-state index in [0.29, 0.717) is 30.7 Å². The molecule has 158 valence electrons. The number of halogens is 1. The molecule has 3 heterocycles. The van der Waals surface area contributed by atoms with Gasteiger partial charge < -0.3 is 14.2 Å². The van der Waals surface area contributed by atoms with Gasteiger partial charge in [0.05, 0.1) is 5.52 Å². The predicted octanol–water partition coefficient (Wildman–Crippen LogP) is 3.07. The molecule has 2 aromatic heterocycles. The van der Waals surface area contributed by atoms with E-state index in [9.17, 15) is 14.4 Å². The van der Waals surface area contributed by atoms with Crippen LogP contribution < -0.4 is 11.1 Å². The van der Waals surface area contributed by atoms with Crippen molar-refractivity contribution in [2.24, 2.45) is 12.5 Å². The van der Waals surface area contributed by atoms with Crippen molar-refractivity contribution in [2.75, 3.05) is 13.1 Å². The Morgan fingerprint density at radius 2 is 1.93 bits per heavy atom. The van der Waals surface area contributed by atoms with Crippen molar-refractivity contribution in [2.45, 2.75) is 52.7 Å². The minimum atomic E-state index is -0.599. The highest BCUT2D eigenvalue weighted by molar-refractivity contribution is 9.10. The SMILES string of the molecule is Cn1c(=O)c(=O)n(C2CCN(C(=O)OC(C)(C)C)CC2(C)C)c2ncc(Br)cc21. The number of ether oxygens (including phenoxy) is 1. The Labute approximate surface area is 177 Å². The number of fused-ring (bicyclic) bond motifs is 1. The molecule has 0 saturated carbocycles. The van der Waals surface area contributed by atoms with Crippen molar-refractivity contribution in [3.63, 3.8) is 0 Å². The molecule has 1 fully saturated rings. The van der Waals surface area contributed by atoms with Gasteiger partial charge in [0.2, 0.25) is 0 Å². The molecule has 0 aromatic carbocycles. The lowest BCUT2D eigenvalue weighted by Crippen LogP contribution is -2.53. The molecule has 1 aliphatic heterocycles. The van der Waals surface area contributed by atoms with Crippen molar-refractivity contribution < 1.29 is 9.53 Å². The lowest BCUT2D eigenvalue weighted by Gasteiger charge is -2.45. The van der Waals surface area contributed by atoms with E-state index in [-0.39, 0.29) is 12.1 Å². The molecular weight excluding hydrogens is 440 g/mol. The second-order valence-electron chi connectivity index (χ2n) is 9.23. The number of hydrogen-bond donors (Lipinski definition) is 0. The Morgan fingerprint density at radius 3 is 2.52 bits per heavy atom. The summed E-state index contributed by atoms with van der Waals surface area (Å²) >= 11 is 3.38. The molecule has 8 nitrogen and oxygen atoms in total. The van der Waals surface area contributed by atoms with Crippen LogP contribution in [0.5, 0.6) is 0 Å². The van der Waals surface area contributed by atoms with Crippen LogP contribution in [0.25, 0.3) is 11.2 Å². The number of piperidine rings is 1. The highest BCUT2D eigenvalue weighted by atomic mass is 79.9. The van der Waals surface area contributed by atoms with Crippen LogP contribution in [-0.4, -0.2) is 43.8 Å². The molecule has 0 aliphatic carbocycles. The fraction of sp³-hybridized carbons (Fsp3) is 0.600. The molecule has 0 N–H and O–H groups in total. The van der Waals surface area contributed by atoms with E-state index >= 15 is 0 Å². The van der Waals surface area contributed by atoms with Crippen LogP contribution in [0.15, 0.2) is 26.3 Å². The van der Waals surface area contributed by atoms with Gasteiger partial charge in [-0.05, 0) is 49.2 Å². The van der Waals surface area contributed by atoms with Gasteiger partial charge in [0.15, 0.2) is 5.65 Å². The first-order chi connectivity index (χ1) is 13.3. The van der Waals surface area contributed by atoms with Crippen LogP contribution in [-0.2, 0) is 11.8 Å². The molecule has 0 radical (unpaired) electrons. The number of amides is 1. The maximum atomic E-state index is 13.0. The molecule has 29 heavy (non-hydrogen) atoms. The summed E-state index contributed by atoms with van der Waals surface area (Å²) in [6, 6.07) is 1.50. The largest absolute Gasteiger partial charge is 0.444 e. The van der Waals surface area contributed by atoms with Gasteiger partial charge in [0.1, 0.15) is 5.60 Å². The molecule has 0 bridgehead atoms. The smallest absolute Gasteiger partial charge is 0.410 e. The first-order valence-electron chi connectivity index (χ1n) is 9.56. The van der Waals surface area contributed by atoms with Crippen molar-refractivity contribution in [3.05, 3.63) is 37.4 Å².